The average molecular weight is 427 g/mol. The molecular formula is C24H31FN4O2. The molecule has 5 rings (SSSR count). The van der Waals surface area contributed by atoms with Crippen molar-refractivity contribution in [1.82, 2.24) is 20.4 Å². The van der Waals surface area contributed by atoms with Gasteiger partial charge in [-0.25, -0.2) is 4.39 Å². The Bertz CT molecular complexity index is 932. The van der Waals surface area contributed by atoms with Crippen molar-refractivity contribution >= 4 is 5.91 Å². The van der Waals surface area contributed by atoms with Crippen LogP contribution < -0.4 is 5.32 Å². The molecule has 3 fully saturated rings. The first-order valence-electron chi connectivity index (χ1n) is 11.7. The van der Waals surface area contributed by atoms with E-state index in [1.165, 1.54) is 37.8 Å². The third kappa shape index (κ3) is 4.52. The second kappa shape index (κ2) is 8.69. The summed E-state index contributed by atoms with van der Waals surface area (Å²) in [6.45, 7) is 4.21. The topological polar surface area (TPSA) is 71.3 Å². The maximum atomic E-state index is 13.5. The molecule has 7 heteroatoms. The molecule has 2 heterocycles. The maximum absolute atomic E-state index is 13.5. The van der Waals surface area contributed by atoms with Gasteiger partial charge in [-0.05, 0) is 75.5 Å². The highest BCUT2D eigenvalue weighted by atomic mass is 19.1. The van der Waals surface area contributed by atoms with E-state index >= 15 is 0 Å². The van der Waals surface area contributed by atoms with Crippen molar-refractivity contribution in [2.45, 2.75) is 57.4 Å². The molecule has 1 saturated heterocycles. The summed E-state index contributed by atoms with van der Waals surface area (Å²) in [5, 5.41) is 7.31. The van der Waals surface area contributed by atoms with E-state index < -0.39 is 0 Å². The van der Waals surface area contributed by atoms with Crippen LogP contribution in [0.4, 0.5) is 4.39 Å². The van der Waals surface area contributed by atoms with Crippen molar-refractivity contribution in [2.24, 2.45) is 17.8 Å². The minimum atomic E-state index is -0.321. The lowest BCUT2D eigenvalue weighted by Crippen LogP contribution is -2.46. The van der Waals surface area contributed by atoms with Gasteiger partial charge >= 0.3 is 0 Å². The average Bonchev–Trinajstić information content (AvgIpc) is 3.51. The van der Waals surface area contributed by atoms with Crippen molar-refractivity contribution in [3.8, 4) is 11.4 Å². The van der Waals surface area contributed by atoms with Gasteiger partial charge in [0.15, 0.2) is 0 Å². The number of rotatable bonds is 6. The molecule has 1 aliphatic heterocycles. The van der Waals surface area contributed by atoms with E-state index in [1.54, 1.807) is 12.1 Å². The Kier molecular flexibility index (Phi) is 5.78. The van der Waals surface area contributed by atoms with E-state index in [-0.39, 0.29) is 23.7 Å². The van der Waals surface area contributed by atoms with E-state index in [0.717, 1.165) is 37.8 Å². The first-order chi connectivity index (χ1) is 15.0. The van der Waals surface area contributed by atoms with Crippen LogP contribution in [0.1, 0.15) is 57.3 Å². The minimum absolute atomic E-state index is 0.0966. The van der Waals surface area contributed by atoms with E-state index in [0.29, 0.717) is 29.7 Å². The van der Waals surface area contributed by atoms with E-state index in [1.807, 2.05) is 0 Å². The zero-order chi connectivity index (χ0) is 21.4. The molecule has 6 nitrogen and oxygen atoms in total. The highest BCUT2D eigenvalue weighted by Crippen LogP contribution is 2.49. The number of hydrogen-bond donors (Lipinski definition) is 1. The van der Waals surface area contributed by atoms with Gasteiger partial charge in [-0.1, -0.05) is 23.7 Å². The fourth-order valence-electron chi connectivity index (χ4n) is 6.06. The molecule has 166 valence electrons. The van der Waals surface area contributed by atoms with Gasteiger partial charge in [0.1, 0.15) is 5.82 Å². The van der Waals surface area contributed by atoms with Gasteiger partial charge in [-0.3, -0.25) is 9.69 Å². The third-order valence-corrected chi connectivity index (χ3v) is 7.57. The molecule has 2 aromatic rings. The predicted octanol–water partition coefficient (Wildman–Crippen LogP) is 4.00. The summed E-state index contributed by atoms with van der Waals surface area (Å²) in [6.07, 6.45) is 7.30. The zero-order valence-corrected chi connectivity index (χ0v) is 18.1. The number of nitrogens with zero attached hydrogens (tertiary/aromatic N) is 3. The molecule has 1 aromatic heterocycles. The van der Waals surface area contributed by atoms with Gasteiger partial charge in [-0.15, -0.1) is 0 Å². The predicted molar refractivity (Wildman–Crippen MR) is 115 cm³/mol. The Balaban J connectivity index is 1.16. The number of nitrogens with one attached hydrogen (secondary N) is 1. The maximum Gasteiger partial charge on any atom is 0.234 e. The van der Waals surface area contributed by atoms with Gasteiger partial charge in [0.25, 0.3) is 0 Å². The quantitative estimate of drug-likeness (QED) is 0.756. The van der Waals surface area contributed by atoms with Crippen LogP contribution in [0.5, 0.6) is 0 Å². The SMILES string of the molecule is CC(NC(=O)CN1CCCC(c2nc(-c3cccc(F)c3)no2)C1)C1CC2CCC1C2. The number of benzene rings is 1. The number of piperidine rings is 1. The Morgan fingerprint density at radius 2 is 2.23 bits per heavy atom. The summed E-state index contributed by atoms with van der Waals surface area (Å²) >= 11 is 0. The summed E-state index contributed by atoms with van der Waals surface area (Å²) in [4.78, 5) is 19.4. The number of amides is 1. The number of halogens is 1. The Morgan fingerprint density at radius 3 is 3.00 bits per heavy atom. The number of aromatic nitrogens is 2. The number of hydrogen-bond acceptors (Lipinski definition) is 5. The smallest absolute Gasteiger partial charge is 0.234 e. The lowest BCUT2D eigenvalue weighted by molar-refractivity contribution is -0.123. The van der Waals surface area contributed by atoms with Gasteiger partial charge in [0.05, 0.1) is 12.5 Å². The molecule has 1 amide bonds. The number of likely N-dealkylation sites (tertiary alicyclic amines) is 1. The summed E-state index contributed by atoms with van der Waals surface area (Å²) in [5.74, 6) is 3.22. The molecule has 0 spiro atoms. The van der Waals surface area contributed by atoms with Crippen LogP contribution in [0.2, 0.25) is 0 Å². The number of carbonyl (C=O) groups is 1. The van der Waals surface area contributed by atoms with Gasteiger partial charge in [0, 0.05) is 18.2 Å². The summed E-state index contributed by atoms with van der Waals surface area (Å²) in [5.41, 5.74) is 0.608. The van der Waals surface area contributed by atoms with E-state index in [4.69, 9.17) is 4.52 Å². The summed E-state index contributed by atoms with van der Waals surface area (Å²) in [6, 6.07) is 6.47. The molecule has 5 atom stereocenters. The molecule has 2 aliphatic carbocycles. The third-order valence-electron chi connectivity index (χ3n) is 7.57. The van der Waals surface area contributed by atoms with E-state index in [2.05, 4.69) is 27.3 Å². The van der Waals surface area contributed by atoms with Crippen LogP contribution in [0.3, 0.4) is 0 Å². The normalized spacial score (nSPS) is 29.2. The first-order valence-corrected chi connectivity index (χ1v) is 11.7. The van der Waals surface area contributed by atoms with Crippen LogP contribution in [0.15, 0.2) is 28.8 Å². The Labute approximate surface area is 182 Å². The van der Waals surface area contributed by atoms with Crippen LogP contribution in [0.25, 0.3) is 11.4 Å². The second-order valence-corrected chi connectivity index (χ2v) is 9.74. The largest absolute Gasteiger partial charge is 0.352 e. The van der Waals surface area contributed by atoms with Crippen molar-refractivity contribution < 1.29 is 13.7 Å². The Hall–Kier alpha value is -2.28. The van der Waals surface area contributed by atoms with Crippen LogP contribution in [-0.4, -0.2) is 46.6 Å². The van der Waals surface area contributed by atoms with Crippen molar-refractivity contribution in [2.75, 3.05) is 19.6 Å². The molecule has 2 bridgehead atoms. The highest BCUT2D eigenvalue weighted by Gasteiger charge is 2.42. The fourth-order valence-corrected chi connectivity index (χ4v) is 6.06. The van der Waals surface area contributed by atoms with Crippen molar-refractivity contribution in [1.29, 1.82) is 0 Å². The Morgan fingerprint density at radius 1 is 1.32 bits per heavy atom. The van der Waals surface area contributed by atoms with Crippen molar-refractivity contribution in [3.05, 3.63) is 36.0 Å². The van der Waals surface area contributed by atoms with Crippen molar-refractivity contribution in [3.63, 3.8) is 0 Å². The molecule has 1 aromatic carbocycles. The summed E-state index contributed by atoms with van der Waals surface area (Å²) < 4.78 is 19.0. The monoisotopic (exact) mass is 426 g/mol. The number of fused-ring (bicyclic) bond motifs is 2. The van der Waals surface area contributed by atoms with Gasteiger partial charge < -0.3 is 9.84 Å². The zero-order valence-electron chi connectivity index (χ0n) is 18.1. The lowest BCUT2D eigenvalue weighted by atomic mass is 9.84. The molecule has 3 aliphatic rings. The molecule has 0 radical (unpaired) electrons. The summed E-state index contributed by atoms with van der Waals surface area (Å²) in [7, 11) is 0. The highest BCUT2D eigenvalue weighted by molar-refractivity contribution is 5.78. The van der Waals surface area contributed by atoms with Crippen LogP contribution in [-0.2, 0) is 4.79 Å². The molecular weight excluding hydrogens is 395 g/mol. The lowest BCUT2D eigenvalue weighted by Gasteiger charge is -2.32. The fraction of sp³-hybridized carbons (Fsp3) is 0.625. The molecule has 2 saturated carbocycles. The molecule has 1 N–H and O–H groups in total. The standard InChI is InChI=1S/C24H31FN4O2/c1-15(21-11-16-7-8-17(21)10-16)26-22(30)14-29-9-3-5-19(13-29)24-27-23(28-31-24)18-4-2-6-20(25)12-18/h2,4,6,12,15-17,19,21H,3,5,7-11,13-14H2,1H3,(H,26,30). The van der Waals surface area contributed by atoms with Crippen LogP contribution in [0, 0.1) is 23.6 Å². The minimum Gasteiger partial charge on any atom is -0.352 e. The first kappa shape index (κ1) is 20.6. The molecule has 31 heavy (non-hydrogen) atoms. The molecule has 5 unspecified atom stereocenters. The second-order valence-electron chi connectivity index (χ2n) is 9.74. The number of carbonyl (C=O) groups excluding carboxylic acids is 1. The van der Waals surface area contributed by atoms with Crippen LogP contribution >= 0.6 is 0 Å². The van der Waals surface area contributed by atoms with Gasteiger partial charge in [-0.2, -0.15) is 4.98 Å². The van der Waals surface area contributed by atoms with E-state index in [9.17, 15) is 9.18 Å². The van der Waals surface area contributed by atoms with Gasteiger partial charge in [0.2, 0.25) is 17.6 Å².